The fourth-order valence-corrected chi connectivity index (χ4v) is 3.94. The third-order valence-electron chi connectivity index (χ3n) is 5.01. The zero-order valence-electron chi connectivity index (χ0n) is 11.7. The average Bonchev–Trinajstić information content (AvgIpc) is 2.81. The number of rotatable bonds is 3. The van der Waals surface area contributed by atoms with E-state index in [1.807, 2.05) is 0 Å². The lowest BCUT2D eigenvalue weighted by Gasteiger charge is -2.45. The van der Waals surface area contributed by atoms with Crippen molar-refractivity contribution in [3.63, 3.8) is 0 Å². The summed E-state index contributed by atoms with van der Waals surface area (Å²) in [6.45, 7) is 2.30. The predicted molar refractivity (Wildman–Crippen MR) is 71.0 cm³/mol. The minimum atomic E-state index is -0.132. The molecule has 2 aliphatic rings. The lowest BCUT2D eigenvalue weighted by Crippen LogP contribution is -2.55. The summed E-state index contributed by atoms with van der Waals surface area (Å²) in [6, 6.07) is 0. The Balaban J connectivity index is 2.17. The van der Waals surface area contributed by atoms with Gasteiger partial charge in [0.15, 0.2) is 5.78 Å². The SMILES string of the molecule is CC1CCCC(C(=O)C2CCCC2)(N(C)C)C1. The summed E-state index contributed by atoms with van der Waals surface area (Å²) in [5.74, 6) is 1.63. The first-order valence-electron chi connectivity index (χ1n) is 7.28. The van der Waals surface area contributed by atoms with Gasteiger partial charge in [0.05, 0.1) is 5.54 Å². The van der Waals surface area contributed by atoms with Crippen molar-refractivity contribution in [3.8, 4) is 0 Å². The Hall–Kier alpha value is -0.370. The maximum Gasteiger partial charge on any atom is 0.156 e. The molecule has 2 rings (SSSR count). The first-order valence-corrected chi connectivity index (χ1v) is 7.28. The van der Waals surface area contributed by atoms with E-state index in [9.17, 15) is 4.79 Å². The van der Waals surface area contributed by atoms with Gasteiger partial charge in [-0.1, -0.05) is 32.6 Å². The molecule has 2 heteroatoms. The van der Waals surface area contributed by atoms with Gasteiger partial charge >= 0.3 is 0 Å². The van der Waals surface area contributed by atoms with Crippen molar-refractivity contribution in [1.29, 1.82) is 0 Å². The fraction of sp³-hybridized carbons (Fsp3) is 0.933. The molecule has 0 radical (unpaired) electrons. The van der Waals surface area contributed by atoms with Crippen LogP contribution in [0.15, 0.2) is 0 Å². The Labute approximate surface area is 106 Å². The predicted octanol–water partition coefficient (Wildman–Crippen LogP) is 3.26. The van der Waals surface area contributed by atoms with Crippen molar-refractivity contribution in [3.05, 3.63) is 0 Å². The molecule has 0 aromatic rings. The Bertz CT molecular complexity index is 281. The van der Waals surface area contributed by atoms with E-state index in [4.69, 9.17) is 0 Å². The van der Waals surface area contributed by atoms with E-state index < -0.39 is 0 Å². The number of hydrogen-bond acceptors (Lipinski definition) is 2. The molecule has 0 saturated heterocycles. The topological polar surface area (TPSA) is 20.3 Å². The molecule has 0 aromatic carbocycles. The average molecular weight is 237 g/mol. The highest BCUT2D eigenvalue weighted by atomic mass is 16.1. The Morgan fingerprint density at radius 3 is 2.29 bits per heavy atom. The molecule has 0 bridgehead atoms. The quantitative estimate of drug-likeness (QED) is 0.751. The molecule has 0 aromatic heterocycles. The van der Waals surface area contributed by atoms with Gasteiger partial charge in [0, 0.05) is 5.92 Å². The van der Waals surface area contributed by atoms with Crippen LogP contribution in [0.2, 0.25) is 0 Å². The molecule has 2 aliphatic carbocycles. The van der Waals surface area contributed by atoms with E-state index in [1.54, 1.807) is 0 Å². The van der Waals surface area contributed by atoms with E-state index in [0.717, 1.165) is 25.7 Å². The molecular weight excluding hydrogens is 210 g/mol. The summed E-state index contributed by atoms with van der Waals surface area (Å²) in [7, 11) is 4.20. The van der Waals surface area contributed by atoms with E-state index >= 15 is 0 Å². The van der Waals surface area contributed by atoms with Crippen LogP contribution in [-0.4, -0.2) is 30.3 Å². The first kappa shape index (κ1) is 13.1. The van der Waals surface area contributed by atoms with Gasteiger partial charge in [-0.05, 0) is 45.7 Å². The van der Waals surface area contributed by atoms with Gasteiger partial charge in [0.25, 0.3) is 0 Å². The maximum absolute atomic E-state index is 12.9. The summed E-state index contributed by atoms with van der Waals surface area (Å²) in [4.78, 5) is 15.1. The van der Waals surface area contributed by atoms with Crippen LogP contribution < -0.4 is 0 Å². The monoisotopic (exact) mass is 237 g/mol. The summed E-state index contributed by atoms with van der Waals surface area (Å²) in [5, 5.41) is 0. The molecule has 0 amide bonds. The highest BCUT2D eigenvalue weighted by Gasteiger charge is 2.46. The molecule has 0 heterocycles. The Morgan fingerprint density at radius 2 is 1.76 bits per heavy atom. The van der Waals surface area contributed by atoms with E-state index in [1.165, 1.54) is 25.7 Å². The van der Waals surface area contributed by atoms with Gasteiger partial charge in [-0.25, -0.2) is 0 Å². The fourth-order valence-electron chi connectivity index (χ4n) is 3.94. The molecule has 2 unspecified atom stereocenters. The number of hydrogen-bond donors (Lipinski definition) is 0. The molecular formula is C15H27NO. The molecule has 0 aliphatic heterocycles. The maximum atomic E-state index is 12.9. The van der Waals surface area contributed by atoms with Crippen LogP contribution in [0.5, 0.6) is 0 Å². The zero-order chi connectivity index (χ0) is 12.5. The van der Waals surface area contributed by atoms with Crippen molar-refractivity contribution < 1.29 is 4.79 Å². The first-order chi connectivity index (χ1) is 8.06. The van der Waals surface area contributed by atoms with Crippen LogP contribution >= 0.6 is 0 Å². The van der Waals surface area contributed by atoms with Gasteiger partial charge in [-0.3, -0.25) is 9.69 Å². The minimum absolute atomic E-state index is 0.132. The minimum Gasteiger partial charge on any atom is -0.297 e. The second kappa shape index (κ2) is 5.09. The number of carbonyl (C=O) groups is 1. The summed E-state index contributed by atoms with van der Waals surface area (Å²) in [6.07, 6.45) is 9.48. The number of ketones is 1. The summed E-state index contributed by atoms with van der Waals surface area (Å²) >= 11 is 0. The van der Waals surface area contributed by atoms with Gasteiger partial charge < -0.3 is 0 Å². The van der Waals surface area contributed by atoms with Gasteiger partial charge in [-0.15, -0.1) is 0 Å². The van der Waals surface area contributed by atoms with Crippen LogP contribution in [0.25, 0.3) is 0 Å². The largest absolute Gasteiger partial charge is 0.297 e. The third kappa shape index (κ3) is 2.42. The molecule has 98 valence electrons. The Morgan fingerprint density at radius 1 is 1.12 bits per heavy atom. The molecule has 2 saturated carbocycles. The normalized spacial score (nSPS) is 35.4. The Kier molecular flexibility index (Phi) is 3.92. The lowest BCUT2D eigenvalue weighted by molar-refractivity contribution is -0.136. The highest BCUT2D eigenvalue weighted by molar-refractivity contribution is 5.90. The van der Waals surface area contributed by atoms with Crippen molar-refractivity contribution in [2.75, 3.05) is 14.1 Å². The van der Waals surface area contributed by atoms with Crippen LogP contribution in [0.1, 0.15) is 58.3 Å². The van der Waals surface area contributed by atoms with Crippen molar-refractivity contribution in [1.82, 2.24) is 4.90 Å². The van der Waals surface area contributed by atoms with Crippen LogP contribution in [0.3, 0.4) is 0 Å². The van der Waals surface area contributed by atoms with Gasteiger partial charge in [0.1, 0.15) is 0 Å². The molecule has 0 N–H and O–H groups in total. The number of carbonyl (C=O) groups excluding carboxylic acids is 1. The van der Waals surface area contributed by atoms with E-state index in [-0.39, 0.29) is 5.54 Å². The van der Waals surface area contributed by atoms with Crippen LogP contribution in [0.4, 0.5) is 0 Å². The summed E-state index contributed by atoms with van der Waals surface area (Å²) in [5.41, 5.74) is -0.132. The van der Waals surface area contributed by atoms with E-state index in [2.05, 4.69) is 25.9 Å². The number of nitrogens with zero attached hydrogens (tertiary/aromatic N) is 1. The van der Waals surface area contributed by atoms with E-state index in [0.29, 0.717) is 17.6 Å². The summed E-state index contributed by atoms with van der Waals surface area (Å²) < 4.78 is 0. The molecule has 2 fully saturated rings. The lowest BCUT2D eigenvalue weighted by atomic mass is 9.70. The molecule has 0 spiro atoms. The van der Waals surface area contributed by atoms with Crippen molar-refractivity contribution in [2.24, 2.45) is 11.8 Å². The number of likely N-dealkylation sites (N-methyl/N-ethyl adjacent to an activating group) is 1. The van der Waals surface area contributed by atoms with Crippen molar-refractivity contribution in [2.45, 2.75) is 63.8 Å². The van der Waals surface area contributed by atoms with Crippen LogP contribution in [-0.2, 0) is 4.79 Å². The standard InChI is InChI=1S/C15H27NO/c1-12-7-6-10-15(11-12,16(2)3)14(17)13-8-4-5-9-13/h12-13H,4-11H2,1-3H3. The smallest absolute Gasteiger partial charge is 0.156 e. The second-order valence-corrected chi connectivity index (χ2v) is 6.47. The third-order valence-corrected chi connectivity index (χ3v) is 5.01. The second-order valence-electron chi connectivity index (χ2n) is 6.47. The van der Waals surface area contributed by atoms with Crippen LogP contribution in [0, 0.1) is 11.8 Å². The molecule has 2 atom stereocenters. The molecule has 2 nitrogen and oxygen atoms in total. The molecule has 17 heavy (non-hydrogen) atoms. The van der Waals surface area contributed by atoms with Gasteiger partial charge in [-0.2, -0.15) is 0 Å². The number of Topliss-reactive ketones (excluding diaryl/α,β-unsaturated/α-hetero) is 1. The highest BCUT2D eigenvalue weighted by Crippen LogP contribution is 2.41. The van der Waals surface area contributed by atoms with Crippen molar-refractivity contribution >= 4 is 5.78 Å². The van der Waals surface area contributed by atoms with Gasteiger partial charge in [0.2, 0.25) is 0 Å². The zero-order valence-corrected chi connectivity index (χ0v) is 11.7.